The van der Waals surface area contributed by atoms with Crippen LogP contribution in [0.3, 0.4) is 0 Å². The van der Waals surface area contributed by atoms with Crippen molar-refractivity contribution < 1.29 is 4.79 Å². The smallest absolute Gasteiger partial charge is 0.221 e. The lowest BCUT2D eigenvalue weighted by Gasteiger charge is -2.05. The van der Waals surface area contributed by atoms with Crippen molar-refractivity contribution in [1.82, 2.24) is 0 Å². The van der Waals surface area contributed by atoms with Crippen LogP contribution in [-0.2, 0) is 4.79 Å². The Hall–Kier alpha value is -1.75. The first-order valence-corrected chi connectivity index (χ1v) is 6.50. The first-order valence-electron chi connectivity index (χ1n) is 6.50. The quantitative estimate of drug-likeness (QED) is 0.631. The number of carbonyl (C=O) groups is 1. The van der Waals surface area contributed by atoms with Gasteiger partial charge in [0.2, 0.25) is 5.91 Å². The van der Waals surface area contributed by atoms with Gasteiger partial charge in [-0.1, -0.05) is 37.7 Å². The molecule has 0 saturated heterocycles. The van der Waals surface area contributed by atoms with Gasteiger partial charge >= 0.3 is 0 Å². The topological polar surface area (TPSA) is 29.1 Å². The minimum atomic E-state index is -0.0621. The van der Waals surface area contributed by atoms with E-state index in [1.807, 2.05) is 25.1 Å². The summed E-state index contributed by atoms with van der Waals surface area (Å²) in [7, 11) is 0. The van der Waals surface area contributed by atoms with Gasteiger partial charge in [0.05, 0.1) is 5.69 Å². The number of amides is 1. The van der Waals surface area contributed by atoms with Gasteiger partial charge in [-0.3, -0.25) is 4.79 Å². The molecule has 0 aromatic heterocycles. The van der Waals surface area contributed by atoms with E-state index in [9.17, 15) is 4.79 Å². The molecule has 2 nitrogen and oxygen atoms in total. The fraction of sp³-hybridized carbons (Fsp3) is 0.438. The summed E-state index contributed by atoms with van der Waals surface area (Å²) in [6.07, 6.45) is 4.50. The summed E-state index contributed by atoms with van der Waals surface area (Å²) in [6.45, 7) is 5.72. The second-order valence-electron chi connectivity index (χ2n) is 4.49. The van der Waals surface area contributed by atoms with Crippen molar-refractivity contribution in [3.05, 3.63) is 29.3 Å². The molecule has 18 heavy (non-hydrogen) atoms. The average molecular weight is 243 g/mol. The van der Waals surface area contributed by atoms with Crippen molar-refractivity contribution in [3.63, 3.8) is 0 Å². The highest BCUT2D eigenvalue weighted by molar-refractivity contribution is 5.90. The molecule has 0 fully saturated rings. The average Bonchev–Trinajstić information content (AvgIpc) is 2.31. The third-order valence-corrected chi connectivity index (χ3v) is 2.61. The maximum Gasteiger partial charge on any atom is 0.221 e. The predicted octanol–water partition coefficient (Wildman–Crippen LogP) is 3.89. The number of hydrogen-bond donors (Lipinski definition) is 1. The van der Waals surface area contributed by atoms with Crippen molar-refractivity contribution in [2.45, 2.75) is 46.5 Å². The standard InChI is InChI=1S/C16H21NO/c1-4-5-6-7-8-9-15-12-13(2)10-11-16(15)17-14(3)18/h10-12H,4-7H2,1-3H3,(H,17,18). The second kappa shape index (κ2) is 7.55. The van der Waals surface area contributed by atoms with E-state index in [4.69, 9.17) is 0 Å². The van der Waals surface area contributed by atoms with Crippen molar-refractivity contribution in [2.24, 2.45) is 0 Å². The Bertz CT molecular complexity index is 466. The summed E-state index contributed by atoms with van der Waals surface area (Å²) in [6, 6.07) is 5.90. The van der Waals surface area contributed by atoms with Gasteiger partial charge in [0.15, 0.2) is 0 Å². The van der Waals surface area contributed by atoms with Crippen LogP contribution in [0.25, 0.3) is 0 Å². The monoisotopic (exact) mass is 243 g/mol. The van der Waals surface area contributed by atoms with E-state index >= 15 is 0 Å². The lowest BCUT2D eigenvalue weighted by atomic mass is 10.1. The fourth-order valence-electron chi connectivity index (χ4n) is 1.68. The SMILES string of the molecule is CCCCCC#Cc1cc(C)ccc1NC(C)=O. The number of hydrogen-bond acceptors (Lipinski definition) is 1. The molecule has 1 N–H and O–H groups in total. The van der Waals surface area contributed by atoms with E-state index in [1.54, 1.807) is 0 Å². The molecule has 0 unspecified atom stereocenters. The normalized spacial score (nSPS) is 9.50. The van der Waals surface area contributed by atoms with Gasteiger partial charge in [0.25, 0.3) is 0 Å². The first kappa shape index (κ1) is 14.3. The molecule has 0 aliphatic carbocycles. The van der Waals surface area contributed by atoms with Crippen LogP contribution in [0.1, 0.15) is 50.7 Å². The molecule has 1 aromatic carbocycles. The van der Waals surface area contributed by atoms with Gasteiger partial charge in [0, 0.05) is 18.9 Å². The number of rotatable bonds is 4. The molecule has 0 radical (unpaired) electrons. The molecule has 1 rings (SSSR count). The Balaban J connectivity index is 2.78. The Morgan fingerprint density at radius 2 is 2.11 bits per heavy atom. The fourth-order valence-corrected chi connectivity index (χ4v) is 1.68. The van der Waals surface area contributed by atoms with Crippen LogP contribution in [0.2, 0.25) is 0 Å². The van der Waals surface area contributed by atoms with Gasteiger partial charge < -0.3 is 5.32 Å². The Labute approximate surface area is 110 Å². The molecule has 0 spiro atoms. The largest absolute Gasteiger partial charge is 0.325 e. The van der Waals surface area contributed by atoms with Gasteiger partial charge in [-0.25, -0.2) is 0 Å². The molecule has 96 valence electrons. The summed E-state index contributed by atoms with van der Waals surface area (Å²) >= 11 is 0. The van der Waals surface area contributed by atoms with Crippen LogP contribution in [0, 0.1) is 18.8 Å². The number of anilines is 1. The predicted molar refractivity (Wildman–Crippen MR) is 76.5 cm³/mol. The van der Waals surface area contributed by atoms with Gasteiger partial charge in [0.1, 0.15) is 0 Å². The van der Waals surface area contributed by atoms with E-state index in [0.29, 0.717) is 0 Å². The van der Waals surface area contributed by atoms with Gasteiger partial charge in [-0.2, -0.15) is 0 Å². The van der Waals surface area contributed by atoms with Crippen molar-refractivity contribution in [2.75, 3.05) is 5.32 Å². The molecule has 0 heterocycles. The zero-order valence-electron chi connectivity index (χ0n) is 11.5. The van der Waals surface area contributed by atoms with Crippen LogP contribution < -0.4 is 5.32 Å². The van der Waals surface area contributed by atoms with E-state index in [1.165, 1.54) is 19.8 Å². The van der Waals surface area contributed by atoms with Crippen LogP contribution in [-0.4, -0.2) is 5.91 Å². The lowest BCUT2D eigenvalue weighted by molar-refractivity contribution is -0.114. The van der Waals surface area contributed by atoms with Crippen LogP contribution in [0.5, 0.6) is 0 Å². The zero-order chi connectivity index (χ0) is 13.4. The molecule has 0 aliphatic heterocycles. The summed E-state index contributed by atoms with van der Waals surface area (Å²) in [4.78, 5) is 11.1. The van der Waals surface area contributed by atoms with Crippen molar-refractivity contribution >= 4 is 11.6 Å². The van der Waals surface area contributed by atoms with Gasteiger partial charge in [-0.15, -0.1) is 0 Å². The first-order chi connectivity index (χ1) is 8.63. The molecular formula is C16H21NO. The molecule has 2 heteroatoms. The van der Waals surface area contributed by atoms with Crippen LogP contribution in [0.15, 0.2) is 18.2 Å². The number of unbranched alkanes of at least 4 members (excludes halogenated alkanes) is 3. The Morgan fingerprint density at radius 3 is 2.78 bits per heavy atom. The molecule has 0 bridgehead atoms. The summed E-state index contributed by atoms with van der Waals surface area (Å²) < 4.78 is 0. The number of aryl methyl sites for hydroxylation is 1. The minimum absolute atomic E-state index is 0.0621. The molecule has 0 aliphatic rings. The number of benzene rings is 1. The van der Waals surface area contributed by atoms with Crippen LogP contribution in [0.4, 0.5) is 5.69 Å². The second-order valence-corrected chi connectivity index (χ2v) is 4.49. The highest BCUT2D eigenvalue weighted by atomic mass is 16.1. The van der Waals surface area contributed by atoms with Gasteiger partial charge in [-0.05, 0) is 31.0 Å². The third-order valence-electron chi connectivity index (χ3n) is 2.61. The number of nitrogens with one attached hydrogen (secondary N) is 1. The summed E-state index contributed by atoms with van der Waals surface area (Å²) in [5, 5.41) is 2.81. The molecule has 0 atom stereocenters. The minimum Gasteiger partial charge on any atom is -0.325 e. The van der Waals surface area contributed by atoms with Crippen molar-refractivity contribution in [3.8, 4) is 11.8 Å². The summed E-state index contributed by atoms with van der Waals surface area (Å²) in [5.74, 6) is 6.27. The van der Waals surface area contributed by atoms with E-state index in [2.05, 4.69) is 24.1 Å². The maximum absolute atomic E-state index is 11.1. The lowest BCUT2D eigenvalue weighted by Crippen LogP contribution is -2.07. The highest BCUT2D eigenvalue weighted by Gasteiger charge is 2.01. The zero-order valence-corrected chi connectivity index (χ0v) is 11.5. The summed E-state index contributed by atoms with van der Waals surface area (Å²) in [5.41, 5.74) is 2.86. The Morgan fingerprint density at radius 1 is 1.33 bits per heavy atom. The van der Waals surface area contributed by atoms with Crippen molar-refractivity contribution in [1.29, 1.82) is 0 Å². The molecule has 0 saturated carbocycles. The van der Waals surface area contributed by atoms with E-state index < -0.39 is 0 Å². The highest BCUT2D eigenvalue weighted by Crippen LogP contribution is 2.16. The van der Waals surface area contributed by atoms with E-state index in [-0.39, 0.29) is 5.91 Å². The Kier molecular flexibility index (Phi) is 6.00. The number of carbonyl (C=O) groups excluding carboxylic acids is 1. The third kappa shape index (κ3) is 5.05. The molecule has 1 aromatic rings. The maximum atomic E-state index is 11.1. The molecule has 1 amide bonds. The molecular weight excluding hydrogens is 222 g/mol. The van der Waals surface area contributed by atoms with E-state index in [0.717, 1.165) is 29.7 Å². The van der Waals surface area contributed by atoms with Crippen LogP contribution >= 0.6 is 0 Å².